The molecule has 0 spiro atoms. The Hall–Kier alpha value is -2.90. The molecule has 2 rings (SSSR count). The Morgan fingerprint density at radius 1 is 1.19 bits per heavy atom. The lowest BCUT2D eigenvalue weighted by Gasteiger charge is -2.22. The van der Waals surface area contributed by atoms with E-state index in [1.165, 1.54) is 0 Å². The molecule has 8 heteroatoms. The van der Waals surface area contributed by atoms with Gasteiger partial charge in [0.1, 0.15) is 12.1 Å². The lowest BCUT2D eigenvalue weighted by atomic mass is 9.92. The summed E-state index contributed by atoms with van der Waals surface area (Å²) in [5.41, 5.74) is -0.635. The van der Waals surface area contributed by atoms with Crippen LogP contribution in [0.4, 0.5) is 4.79 Å². The zero-order valence-electron chi connectivity index (χ0n) is 15.9. The molecule has 0 unspecified atom stereocenters. The number of hydrogen-bond donors (Lipinski definition) is 2. The molecule has 8 nitrogen and oxygen atoms in total. The van der Waals surface area contributed by atoms with Crippen LogP contribution in [0.5, 0.6) is 0 Å². The van der Waals surface area contributed by atoms with E-state index >= 15 is 0 Å². The van der Waals surface area contributed by atoms with Crippen molar-refractivity contribution in [2.45, 2.75) is 39.3 Å². The summed E-state index contributed by atoms with van der Waals surface area (Å²) in [6.45, 7) is 6.32. The molecule has 0 aliphatic carbocycles. The molecule has 2 atom stereocenters. The molecule has 0 radical (unpaired) electrons. The lowest BCUT2D eigenvalue weighted by molar-refractivity contribution is -0.151. The summed E-state index contributed by atoms with van der Waals surface area (Å²) in [4.78, 5) is 49.4. The molecular formula is C19H25N3O5. The first-order valence-electron chi connectivity index (χ1n) is 8.79. The highest BCUT2D eigenvalue weighted by molar-refractivity contribution is 6.08. The monoisotopic (exact) mass is 375 g/mol. The van der Waals surface area contributed by atoms with Gasteiger partial charge in [-0.2, -0.15) is 0 Å². The van der Waals surface area contributed by atoms with E-state index in [2.05, 4.69) is 10.6 Å². The van der Waals surface area contributed by atoms with E-state index in [1.807, 2.05) is 20.8 Å². The normalized spacial score (nSPS) is 20.4. The third kappa shape index (κ3) is 4.64. The van der Waals surface area contributed by atoms with Gasteiger partial charge in [0.05, 0.1) is 0 Å². The zero-order chi connectivity index (χ0) is 20.2. The van der Waals surface area contributed by atoms with Crippen LogP contribution in [0.1, 0.15) is 33.3 Å². The minimum Gasteiger partial charge on any atom is -0.454 e. The Morgan fingerprint density at radius 2 is 1.81 bits per heavy atom. The Bertz CT molecular complexity index is 734. The molecule has 27 heavy (non-hydrogen) atoms. The summed E-state index contributed by atoms with van der Waals surface area (Å²) in [5, 5.41) is 5.31. The Labute approximate surface area is 158 Å². The summed E-state index contributed by atoms with van der Waals surface area (Å²) in [6.07, 6.45) is 0. The minimum absolute atomic E-state index is 0.0614. The Morgan fingerprint density at radius 3 is 2.41 bits per heavy atom. The van der Waals surface area contributed by atoms with E-state index in [0.717, 1.165) is 4.90 Å². The number of nitrogens with zero attached hydrogens (tertiary/aromatic N) is 1. The fourth-order valence-electron chi connectivity index (χ4n) is 2.59. The average molecular weight is 375 g/mol. The molecule has 2 N–H and O–H groups in total. The van der Waals surface area contributed by atoms with Crippen molar-refractivity contribution in [1.82, 2.24) is 15.5 Å². The van der Waals surface area contributed by atoms with Gasteiger partial charge in [-0.15, -0.1) is 0 Å². The second-order valence-corrected chi connectivity index (χ2v) is 7.07. The van der Waals surface area contributed by atoms with Crippen LogP contribution in [0.3, 0.4) is 0 Å². The molecular weight excluding hydrogens is 350 g/mol. The van der Waals surface area contributed by atoms with Crippen molar-refractivity contribution in [3.05, 3.63) is 35.9 Å². The minimum atomic E-state index is -1.25. The molecule has 1 saturated heterocycles. The average Bonchev–Trinajstić information content (AvgIpc) is 2.85. The first-order valence-corrected chi connectivity index (χ1v) is 8.79. The summed E-state index contributed by atoms with van der Waals surface area (Å²) in [7, 11) is 0. The number of benzene rings is 1. The maximum absolute atomic E-state index is 12.7. The van der Waals surface area contributed by atoms with Crippen LogP contribution in [-0.2, 0) is 24.7 Å². The predicted octanol–water partition coefficient (Wildman–Crippen LogP) is 1.16. The molecule has 0 aromatic heterocycles. The summed E-state index contributed by atoms with van der Waals surface area (Å²) < 4.78 is 4.89. The van der Waals surface area contributed by atoms with Crippen molar-refractivity contribution in [3.63, 3.8) is 0 Å². The van der Waals surface area contributed by atoms with Gasteiger partial charge in [-0.05, 0) is 25.3 Å². The fraction of sp³-hybridized carbons (Fsp3) is 0.474. The number of ether oxygens (including phenoxy) is 1. The van der Waals surface area contributed by atoms with Crippen molar-refractivity contribution in [1.29, 1.82) is 0 Å². The number of hydrogen-bond acceptors (Lipinski definition) is 5. The van der Waals surface area contributed by atoms with Gasteiger partial charge >= 0.3 is 12.0 Å². The van der Waals surface area contributed by atoms with Crippen LogP contribution < -0.4 is 10.6 Å². The first-order chi connectivity index (χ1) is 12.6. The van der Waals surface area contributed by atoms with Gasteiger partial charge in [-0.1, -0.05) is 44.2 Å². The van der Waals surface area contributed by atoms with Gasteiger partial charge in [0, 0.05) is 6.04 Å². The molecule has 1 heterocycles. The third-order valence-corrected chi connectivity index (χ3v) is 4.67. The quantitative estimate of drug-likeness (QED) is 0.550. The van der Waals surface area contributed by atoms with Crippen molar-refractivity contribution in [2.24, 2.45) is 5.92 Å². The van der Waals surface area contributed by atoms with Crippen LogP contribution in [0.2, 0.25) is 0 Å². The SMILES string of the molecule is CC(C)[C@@H](C)NC(=O)COC(=O)CN1C(=O)N[C@@](C)(c2ccccc2)C1=O. The zero-order valence-corrected chi connectivity index (χ0v) is 15.9. The van der Waals surface area contributed by atoms with Crippen molar-refractivity contribution in [2.75, 3.05) is 13.2 Å². The Kier molecular flexibility index (Phi) is 6.20. The third-order valence-electron chi connectivity index (χ3n) is 4.67. The van der Waals surface area contributed by atoms with E-state index in [-0.39, 0.29) is 12.0 Å². The number of imide groups is 1. The van der Waals surface area contributed by atoms with Crippen LogP contribution in [-0.4, -0.2) is 47.9 Å². The molecule has 0 saturated carbocycles. The molecule has 146 valence electrons. The van der Waals surface area contributed by atoms with Gasteiger partial charge in [-0.3, -0.25) is 19.3 Å². The van der Waals surface area contributed by atoms with E-state index < -0.39 is 42.5 Å². The van der Waals surface area contributed by atoms with Gasteiger partial charge in [0.25, 0.3) is 11.8 Å². The van der Waals surface area contributed by atoms with Crippen LogP contribution in [0.15, 0.2) is 30.3 Å². The number of urea groups is 1. The topological polar surface area (TPSA) is 105 Å². The van der Waals surface area contributed by atoms with E-state index in [0.29, 0.717) is 5.56 Å². The summed E-state index contributed by atoms with van der Waals surface area (Å²) >= 11 is 0. The molecule has 4 amide bonds. The van der Waals surface area contributed by atoms with Gasteiger partial charge < -0.3 is 15.4 Å². The number of esters is 1. The van der Waals surface area contributed by atoms with Gasteiger partial charge in [-0.25, -0.2) is 4.79 Å². The molecule has 1 aliphatic rings. The highest BCUT2D eigenvalue weighted by atomic mass is 16.5. The van der Waals surface area contributed by atoms with Gasteiger partial charge in [0.15, 0.2) is 6.61 Å². The molecule has 1 aliphatic heterocycles. The Balaban J connectivity index is 1.93. The van der Waals surface area contributed by atoms with Crippen molar-refractivity contribution >= 4 is 23.8 Å². The maximum Gasteiger partial charge on any atom is 0.326 e. The van der Waals surface area contributed by atoms with Crippen molar-refractivity contribution in [3.8, 4) is 0 Å². The van der Waals surface area contributed by atoms with E-state index in [9.17, 15) is 19.2 Å². The highest BCUT2D eigenvalue weighted by Crippen LogP contribution is 2.28. The summed E-state index contributed by atoms with van der Waals surface area (Å²) in [5.74, 6) is -1.57. The second-order valence-electron chi connectivity index (χ2n) is 7.07. The molecule has 1 fully saturated rings. The second kappa shape index (κ2) is 8.20. The summed E-state index contributed by atoms with van der Waals surface area (Å²) in [6, 6.07) is 8.02. The molecule has 1 aromatic carbocycles. The number of carbonyl (C=O) groups is 4. The molecule has 1 aromatic rings. The van der Waals surface area contributed by atoms with E-state index in [4.69, 9.17) is 4.74 Å². The van der Waals surface area contributed by atoms with Crippen molar-refractivity contribution < 1.29 is 23.9 Å². The smallest absolute Gasteiger partial charge is 0.326 e. The first kappa shape index (κ1) is 20.4. The number of rotatable bonds is 7. The standard InChI is InChI=1S/C19H25N3O5/c1-12(2)13(3)20-15(23)11-27-16(24)10-22-17(25)19(4,21-18(22)26)14-8-6-5-7-9-14/h5-9,12-13H,10-11H2,1-4H3,(H,20,23)(H,21,26)/t13-,19+/m1/s1. The lowest BCUT2D eigenvalue weighted by Crippen LogP contribution is -2.42. The number of amides is 4. The van der Waals surface area contributed by atoms with Gasteiger partial charge in [0.2, 0.25) is 0 Å². The predicted molar refractivity (Wildman–Crippen MR) is 97.4 cm³/mol. The number of nitrogens with one attached hydrogen (secondary N) is 2. The van der Waals surface area contributed by atoms with E-state index in [1.54, 1.807) is 37.3 Å². The fourth-order valence-corrected chi connectivity index (χ4v) is 2.59. The number of carbonyl (C=O) groups excluding carboxylic acids is 4. The maximum atomic E-state index is 12.7. The van der Waals surface area contributed by atoms with Crippen LogP contribution in [0.25, 0.3) is 0 Å². The molecule has 0 bridgehead atoms. The highest BCUT2D eigenvalue weighted by Gasteiger charge is 2.49. The van der Waals surface area contributed by atoms with Crippen LogP contribution >= 0.6 is 0 Å². The largest absolute Gasteiger partial charge is 0.454 e. The van der Waals surface area contributed by atoms with Crippen LogP contribution in [0, 0.1) is 5.92 Å².